The van der Waals surface area contributed by atoms with Crippen molar-refractivity contribution in [3.05, 3.63) is 55.7 Å². The van der Waals surface area contributed by atoms with Crippen LogP contribution in [0.4, 0.5) is 0 Å². The molecule has 1 N–H and O–H groups in total. The Balaban J connectivity index is 2.44. The van der Waals surface area contributed by atoms with Crippen LogP contribution in [-0.4, -0.2) is 22.5 Å². The molecule has 1 aromatic carbocycles. The maximum absolute atomic E-state index is 12.3. The summed E-state index contributed by atoms with van der Waals surface area (Å²) in [4.78, 5) is 26.4. The summed E-state index contributed by atoms with van der Waals surface area (Å²) in [6, 6.07) is 6.71. The van der Waals surface area contributed by atoms with Gasteiger partial charge in [0, 0.05) is 15.7 Å². The molecule has 132 valence electrons. The smallest absolute Gasteiger partial charge is 0.265 e. The monoisotopic (exact) mass is 403 g/mol. The van der Waals surface area contributed by atoms with Crippen molar-refractivity contribution in [1.82, 2.24) is 14.1 Å². The average molecular weight is 404 g/mol. The van der Waals surface area contributed by atoms with Crippen molar-refractivity contribution in [1.29, 1.82) is 0 Å². The summed E-state index contributed by atoms with van der Waals surface area (Å²) >= 11 is 5.86. The Hall–Kier alpha value is -2.10. The molecule has 3 aromatic rings. The summed E-state index contributed by atoms with van der Waals surface area (Å²) < 4.78 is 27.8. The zero-order valence-electron chi connectivity index (χ0n) is 13.2. The van der Waals surface area contributed by atoms with Crippen LogP contribution in [-0.2, 0) is 29.7 Å². The predicted molar refractivity (Wildman–Crippen MR) is 92.6 cm³/mol. The first-order valence-electron chi connectivity index (χ1n) is 7.02. The van der Waals surface area contributed by atoms with Gasteiger partial charge in [0.2, 0.25) is 5.52 Å². The van der Waals surface area contributed by atoms with Gasteiger partial charge in [-0.3, -0.25) is 9.78 Å². The highest BCUT2D eigenvalue weighted by molar-refractivity contribution is 8.13. The summed E-state index contributed by atoms with van der Waals surface area (Å²) in [6.45, 7) is 0.0527. The first-order chi connectivity index (χ1) is 11.6. The highest BCUT2D eigenvalue weighted by Crippen LogP contribution is 2.19. The third kappa shape index (κ3) is 2.99. The minimum Gasteiger partial charge on any atom is -0.265 e. The van der Waals surface area contributed by atoms with E-state index in [1.54, 1.807) is 24.3 Å². The fourth-order valence-electron chi connectivity index (χ4n) is 2.81. The fourth-order valence-corrected chi connectivity index (χ4v) is 4.32. The van der Waals surface area contributed by atoms with Gasteiger partial charge < -0.3 is 0 Å². The summed E-state index contributed by atoms with van der Waals surface area (Å²) in [5.41, 5.74) is -0.484. The van der Waals surface area contributed by atoms with Crippen molar-refractivity contribution in [2.75, 3.05) is 0 Å². The van der Waals surface area contributed by atoms with Gasteiger partial charge in [0.1, 0.15) is 0 Å². The van der Waals surface area contributed by atoms with Crippen molar-refractivity contribution < 1.29 is 13.0 Å². The summed E-state index contributed by atoms with van der Waals surface area (Å²) in [5, 5.41) is 0.225. The number of aromatic amines is 1. The van der Waals surface area contributed by atoms with E-state index < -0.39 is 20.3 Å². The molecule has 0 unspecified atom stereocenters. The Kier molecular flexibility index (Phi) is 4.26. The molecule has 0 aliphatic carbocycles. The Morgan fingerprint density at radius 3 is 2.36 bits per heavy atom. The van der Waals surface area contributed by atoms with E-state index in [2.05, 4.69) is 4.98 Å². The molecular weight excluding hydrogens is 391 g/mol. The van der Waals surface area contributed by atoms with Gasteiger partial charge in [0.05, 0.1) is 20.6 Å². The zero-order chi connectivity index (χ0) is 18.5. The number of aromatic nitrogens is 4. The molecule has 0 fully saturated rings. The van der Waals surface area contributed by atoms with Crippen LogP contribution in [0.3, 0.4) is 0 Å². The molecule has 2 heterocycles. The first kappa shape index (κ1) is 17.7. The van der Waals surface area contributed by atoms with E-state index in [0.717, 1.165) is 4.57 Å². The maximum atomic E-state index is 12.3. The molecule has 2 aromatic heterocycles. The molecule has 0 saturated carbocycles. The number of halogens is 2. The molecule has 0 radical (unpaired) electrons. The van der Waals surface area contributed by atoms with Gasteiger partial charge in [0.25, 0.3) is 11.2 Å². The van der Waals surface area contributed by atoms with E-state index in [4.69, 9.17) is 22.3 Å². The lowest BCUT2D eigenvalue weighted by atomic mass is 10.2. The maximum Gasteiger partial charge on any atom is 0.386 e. The third-order valence-electron chi connectivity index (χ3n) is 3.85. The molecule has 0 bridgehead atoms. The van der Waals surface area contributed by atoms with Gasteiger partial charge in [0.15, 0.2) is 0 Å². The summed E-state index contributed by atoms with van der Waals surface area (Å²) in [7, 11) is 4.24. The SMILES string of the molecule is Cn1c(=O)[nH]c(=O)c2c1[n+](C)c(S(=O)(=O)Cl)n2Cc1ccc(Cl)cc1. The molecule has 11 heteroatoms. The van der Waals surface area contributed by atoms with E-state index in [0.29, 0.717) is 10.6 Å². The third-order valence-corrected chi connectivity index (χ3v) is 5.44. The van der Waals surface area contributed by atoms with Crippen LogP contribution in [0.5, 0.6) is 0 Å². The van der Waals surface area contributed by atoms with E-state index >= 15 is 0 Å². The second-order valence-electron chi connectivity index (χ2n) is 5.48. The first-order valence-corrected chi connectivity index (χ1v) is 9.70. The van der Waals surface area contributed by atoms with Gasteiger partial charge in [-0.05, 0) is 17.7 Å². The Bertz CT molecular complexity index is 1210. The molecule has 8 nitrogen and oxygen atoms in total. The number of nitrogens with one attached hydrogen (secondary N) is 1. The fraction of sp³-hybridized carbons (Fsp3) is 0.214. The molecular formula is C14H13Cl2N4O4S+. The van der Waals surface area contributed by atoms with Crippen molar-refractivity contribution in [3.63, 3.8) is 0 Å². The predicted octanol–water partition coefficient (Wildman–Crippen LogP) is 0.482. The number of nitrogens with zero attached hydrogens (tertiary/aromatic N) is 3. The number of hydrogen-bond acceptors (Lipinski definition) is 4. The van der Waals surface area contributed by atoms with Gasteiger partial charge in [-0.25, -0.2) is 26.9 Å². The topological polar surface area (TPSA) is 97.8 Å². The minimum atomic E-state index is -4.20. The second kappa shape index (κ2) is 6.01. The molecule has 0 spiro atoms. The van der Waals surface area contributed by atoms with Gasteiger partial charge in [-0.15, -0.1) is 0 Å². The number of rotatable bonds is 3. The molecule has 0 aliphatic rings. The molecule has 3 rings (SSSR count). The number of H-pyrrole nitrogens is 1. The van der Waals surface area contributed by atoms with Crippen LogP contribution in [0.1, 0.15) is 5.56 Å². The van der Waals surface area contributed by atoms with Crippen molar-refractivity contribution >= 4 is 42.5 Å². The van der Waals surface area contributed by atoms with Gasteiger partial charge in [-0.1, -0.05) is 23.7 Å². The van der Waals surface area contributed by atoms with Crippen LogP contribution < -0.4 is 15.8 Å². The van der Waals surface area contributed by atoms with E-state index in [-0.39, 0.29) is 22.9 Å². The quantitative estimate of drug-likeness (QED) is 0.507. The zero-order valence-corrected chi connectivity index (χ0v) is 15.5. The molecule has 0 amide bonds. The van der Waals surface area contributed by atoms with Crippen molar-refractivity contribution in [2.24, 2.45) is 14.1 Å². The van der Waals surface area contributed by atoms with Crippen LogP contribution in [0.25, 0.3) is 11.2 Å². The Morgan fingerprint density at radius 2 is 1.80 bits per heavy atom. The Labute approximate surface area is 151 Å². The highest BCUT2D eigenvalue weighted by Gasteiger charge is 2.34. The highest BCUT2D eigenvalue weighted by atomic mass is 35.7. The van der Waals surface area contributed by atoms with Crippen molar-refractivity contribution in [2.45, 2.75) is 11.7 Å². The summed E-state index contributed by atoms with van der Waals surface area (Å²) in [5.74, 6) is 0. The number of imidazole rings is 1. The van der Waals surface area contributed by atoms with Crippen LogP contribution in [0, 0.1) is 0 Å². The lowest BCUT2D eigenvalue weighted by Crippen LogP contribution is -2.39. The summed E-state index contributed by atoms with van der Waals surface area (Å²) in [6.07, 6.45) is 0. The van der Waals surface area contributed by atoms with Crippen LogP contribution >= 0.6 is 22.3 Å². The molecule has 25 heavy (non-hydrogen) atoms. The molecule has 0 saturated heterocycles. The standard InChI is InChI=1S/C14H12Cl2N4O4S/c1-18-12-10(11(21)17-13(18)22)20(14(19(12)2)25(16,23)24)7-8-3-5-9(15)6-4-8/h3-6H,7H2,1-2H3/p+1. The van der Waals surface area contributed by atoms with Gasteiger partial charge >= 0.3 is 19.9 Å². The van der Waals surface area contributed by atoms with Crippen molar-refractivity contribution in [3.8, 4) is 0 Å². The van der Waals surface area contributed by atoms with Gasteiger partial charge in [-0.2, -0.15) is 0 Å². The largest absolute Gasteiger partial charge is 0.386 e. The van der Waals surface area contributed by atoms with Crippen LogP contribution in [0.15, 0.2) is 39.0 Å². The second-order valence-corrected chi connectivity index (χ2v) is 8.38. The minimum absolute atomic E-state index is 0.0266. The number of fused-ring (bicyclic) bond motifs is 1. The average Bonchev–Trinajstić information content (AvgIpc) is 2.80. The lowest BCUT2D eigenvalue weighted by Gasteiger charge is -2.03. The number of aryl methyl sites for hydroxylation is 2. The lowest BCUT2D eigenvalue weighted by molar-refractivity contribution is -0.688. The molecule has 0 atom stereocenters. The number of benzene rings is 1. The van der Waals surface area contributed by atoms with E-state index in [1.165, 1.54) is 23.2 Å². The van der Waals surface area contributed by atoms with E-state index in [1.807, 2.05) is 0 Å². The number of hydrogen-bond donors (Lipinski definition) is 1. The molecule has 0 aliphatic heterocycles. The normalized spacial score (nSPS) is 12.0. The van der Waals surface area contributed by atoms with E-state index in [9.17, 15) is 18.0 Å². The van der Waals surface area contributed by atoms with Crippen LogP contribution in [0.2, 0.25) is 5.02 Å². The Morgan fingerprint density at radius 1 is 1.20 bits per heavy atom.